The molecule has 1 aromatic rings. The Hall–Kier alpha value is -1.10. The molecule has 0 bridgehead atoms. The number of methoxy groups -OCH3 is 1. The van der Waals surface area contributed by atoms with Crippen LogP contribution in [0.5, 0.6) is 5.75 Å². The van der Waals surface area contributed by atoms with Crippen molar-refractivity contribution in [3.05, 3.63) is 29.3 Å². The highest BCUT2D eigenvalue weighted by Crippen LogP contribution is 2.22. The molecule has 106 valence electrons. The third-order valence-corrected chi connectivity index (χ3v) is 3.18. The molecular weight excluding hydrogens is 242 g/mol. The molecule has 2 rings (SSSR count). The Balaban J connectivity index is 1.94. The number of hydrogen-bond donors (Lipinski definition) is 1. The topological polar surface area (TPSA) is 39.7 Å². The Morgan fingerprint density at radius 1 is 1.37 bits per heavy atom. The van der Waals surface area contributed by atoms with Gasteiger partial charge >= 0.3 is 0 Å². The van der Waals surface area contributed by atoms with Gasteiger partial charge in [-0.2, -0.15) is 0 Å². The van der Waals surface area contributed by atoms with Crippen LogP contribution in [0.1, 0.15) is 24.5 Å². The van der Waals surface area contributed by atoms with Crippen LogP contribution in [0.25, 0.3) is 0 Å². The molecule has 19 heavy (non-hydrogen) atoms. The molecule has 0 atom stereocenters. The summed E-state index contributed by atoms with van der Waals surface area (Å²) in [6.07, 6.45) is 1.39. The van der Waals surface area contributed by atoms with Crippen molar-refractivity contribution < 1.29 is 14.2 Å². The summed E-state index contributed by atoms with van der Waals surface area (Å²) in [6.45, 7) is 6.09. The summed E-state index contributed by atoms with van der Waals surface area (Å²) in [5.74, 6) is 0.888. The first-order chi connectivity index (χ1) is 9.33. The molecule has 0 spiro atoms. The molecule has 1 N–H and O–H groups in total. The van der Waals surface area contributed by atoms with Crippen LogP contribution < -0.4 is 10.1 Å². The number of benzene rings is 1. The van der Waals surface area contributed by atoms with Crippen LogP contribution in [0.15, 0.2) is 18.2 Å². The summed E-state index contributed by atoms with van der Waals surface area (Å²) in [6, 6.07) is 6.26. The van der Waals surface area contributed by atoms with Crippen LogP contribution in [-0.2, 0) is 22.6 Å². The lowest BCUT2D eigenvalue weighted by atomic mass is 10.1. The fraction of sp³-hybridized carbons (Fsp3) is 0.600. The first-order valence-corrected chi connectivity index (χ1v) is 6.89. The van der Waals surface area contributed by atoms with Gasteiger partial charge in [0.05, 0.1) is 26.9 Å². The lowest BCUT2D eigenvalue weighted by molar-refractivity contribution is -0.135. The number of rotatable bonds is 8. The van der Waals surface area contributed by atoms with E-state index in [0.717, 1.165) is 30.8 Å². The molecule has 1 heterocycles. The predicted octanol–water partition coefficient (Wildman–Crippen LogP) is 2.11. The van der Waals surface area contributed by atoms with Gasteiger partial charge in [-0.05, 0) is 30.7 Å². The average molecular weight is 265 g/mol. The second kappa shape index (κ2) is 7.48. The van der Waals surface area contributed by atoms with E-state index in [0.29, 0.717) is 19.8 Å². The van der Waals surface area contributed by atoms with Gasteiger partial charge in [0.1, 0.15) is 11.9 Å². The second-order valence-corrected chi connectivity index (χ2v) is 4.79. The van der Waals surface area contributed by atoms with E-state index < -0.39 is 0 Å². The quantitative estimate of drug-likeness (QED) is 0.731. The Kier molecular flexibility index (Phi) is 5.63. The van der Waals surface area contributed by atoms with Crippen LogP contribution >= 0.6 is 0 Å². The fourth-order valence-electron chi connectivity index (χ4n) is 1.98. The monoisotopic (exact) mass is 265 g/mol. The van der Waals surface area contributed by atoms with Crippen molar-refractivity contribution in [2.24, 2.45) is 0 Å². The molecule has 0 saturated carbocycles. The molecular formula is C15H23NO3. The predicted molar refractivity (Wildman–Crippen MR) is 74.4 cm³/mol. The molecule has 0 aromatic heterocycles. The minimum Gasteiger partial charge on any atom is -0.496 e. The molecule has 1 fully saturated rings. The van der Waals surface area contributed by atoms with Crippen molar-refractivity contribution >= 4 is 0 Å². The van der Waals surface area contributed by atoms with Gasteiger partial charge in [0.15, 0.2) is 0 Å². The van der Waals surface area contributed by atoms with Gasteiger partial charge in [-0.15, -0.1) is 0 Å². The largest absolute Gasteiger partial charge is 0.496 e. The summed E-state index contributed by atoms with van der Waals surface area (Å²) in [7, 11) is 1.69. The third kappa shape index (κ3) is 4.20. The first kappa shape index (κ1) is 14.3. The molecule has 0 aliphatic carbocycles. The summed E-state index contributed by atoms with van der Waals surface area (Å²) in [5, 5.41) is 3.40. The summed E-state index contributed by atoms with van der Waals surface area (Å²) >= 11 is 0. The van der Waals surface area contributed by atoms with Crippen molar-refractivity contribution in [3.63, 3.8) is 0 Å². The molecule has 1 aromatic carbocycles. The van der Waals surface area contributed by atoms with E-state index in [1.165, 1.54) is 5.56 Å². The van der Waals surface area contributed by atoms with E-state index in [4.69, 9.17) is 14.2 Å². The molecule has 4 nitrogen and oxygen atoms in total. The van der Waals surface area contributed by atoms with E-state index in [1.54, 1.807) is 7.11 Å². The maximum Gasteiger partial charge on any atom is 0.124 e. The van der Waals surface area contributed by atoms with Crippen LogP contribution in [-0.4, -0.2) is 33.0 Å². The number of nitrogens with one attached hydrogen (secondary N) is 1. The molecule has 0 radical (unpaired) electrons. The second-order valence-electron chi connectivity index (χ2n) is 4.79. The van der Waals surface area contributed by atoms with Crippen LogP contribution in [0.3, 0.4) is 0 Å². The van der Waals surface area contributed by atoms with Crippen molar-refractivity contribution in [2.45, 2.75) is 32.6 Å². The van der Waals surface area contributed by atoms with Crippen LogP contribution in [0.4, 0.5) is 0 Å². The highest BCUT2D eigenvalue weighted by atomic mass is 16.6. The van der Waals surface area contributed by atoms with Crippen molar-refractivity contribution in [2.75, 3.05) is 26.9 Å². The van der Waals surface area contributed by atoms with Crippen molar-refractivity contribution in [1.29, 1.82) is 0 Å². The lowest BCUT2D eigenvalue weighted by Gasteiger charge is -2.26. The van der Waals surface area contributed by atoms with Gasteiger partial charge in [-0.25, -0.2) is 0 Å². The lowest BCUT2D eigenvalue weighted by Crippen LogP contribution is -2.35. The van der Waals surface area contributed by atoms with E-state index in [-0.39, 0.29) is 6.10 Å². The average Bonchev–Trinajstić information content (AvgIpc) is 2.37. The Labute approximate surface area is 115 Å². The van der Waals surface area contributed by atoms with Gasteiger partial charge in [0.2, 0.25) is 0 Å². The van der Waals surface area contributed by atoms with Crippen molar-refractivity contribution in [1.82, 2.24) is 5.32 Å². The Morgan fingerprint density at radius 2 is 2.21 bits per heavy atom. The summed E-state index contributed by atoms with van der Waals surface area (Å²) in [4.78, 5) is 0. The molecule has 4 heteroatoms. The minimum atomic E-state index is 0.242. The van der Waals surface area contributed by atoms with E-state index in [2.05, 4.69) is 24.4 Å². The van der Waals surface area contributed by atoms with Crippen molar-refractivity contribution in [3.8, 4) is 5.75 Å². The summed E-state index contributed by atoms with van der Waals surface area (Å²) in [5.41, 5.74) is 2.36. The Morgan fingerprint density at radius 3 is 2.84 bits per heavy atom. The number of ether oxygens (including phenoxy) is 3. The smallest absolute Gasteiger partial charge is 0.124 e. The zero-order chi connectivity index (χ0) is 13.5. The van der Waals surface area contributed by atoms with E-state index >= 15 is 0 Å². The first-order valence-electron chi connectivity index (χ1n) is 6.89. The molecule has 1 aliphatic heterocycles. The highest BCUT2D eigenvalue weighted by molar-refractivity contribution is 5.36. The maximum atomic E-state index is 5.76. The third-order valence-electron chi connectivity index (χ3n) is 3.18. The molecule has 0 amide bonds. The van der Waals surface area contributed by atoms with Gasteiger partial charge in [0.25, 0.3) is 0 Å². The van der Waals surface area contributed by atoms with Crippen LogP contribution in [0, 0.1) is 0 Å². The number of hydrogen-bond acceptors (Lipinski definition) is 4. The zero-order valence-corrected chi connectivity index (χ0v) is 11.8. The highest BCUT2D eigenvalue weighted by Gasteiger charge is 2.19. The molecule has 1 aliphatic rings. The Bertz CT molecular complexity index is 391. The van der Waals surface area contributed by atoms with Gasteiger partial charge < -0.3 is 19.5 Å². The zero-order valence-electron chi connectivity index (χ0n) is 11.8. The summed E-state index contributed by atoms with van der Waals surface area (Å²) < 4.78 is 16.2. The molecule has 0 unspecified atom stereocenters. The van der Waals surface area contributed by atoms with Crippen LogP contribution in [0.2, 0.25) is 0 Å². The minimum absolute atomic E-state index is 0.242. The maximum absolute atomic E-state index is 5.76. The van der Waals surface area contributed by atoms with Gasteiger partial charge in [0, 0.05) is 12.1 Å². The van der Waals surface area contributed by atoms with E-state index in [1.807, 2.05) is 6.07 Å². The van der Waals surface area contributed by atoms with E-state index in [9.17, 15) is 0 Å². The standard InChI is InChI=1S/C15H23NO3/c1-3-6-16-8-12-4-5-15(17-2)13(7-12)9-19-14-10-18-11-14/h4-5,7,14,16H,3,6,8-11H2,1-2H3. The fourth-order valence-corrected chi connectivity index (χ4v) is 1.98. The van der Waals surface area contributed by atoms with Gasteiger partial charge in [-0.1, -0.05) is 13.0 Å². The SMILES string of the molecule is CCCNCc1ccc(OC)c(COC2COC2)c1. The molecule has 1 saturated heterocycles. The normalized spacial score (nSPS) is 15.3. The van der Waals surface area contributed by atoms with Gasteiger partial charge in [-0.3, -0.25) is 0 Å².